The summed E-state index contributed by atoms with van der Waals surface area (Å²) in [7, 11) is 0. The van der Waals surface area contributed by atoms with Crippen LogP contribution in [0.25, 0.3) is 0 Å². The zero-order valence-electron chi connectivity index (χ0n) is 17.1. The van der Waals surface area contributed by atoms with Crippen molar-refractivity contribution in [1.29, 1.82) is 0 Å². The van der Waals surface area contributed by atoms with Gasteiger partial charge in [0.2, 0.25) is 0 Å². The molecular weight excluding hydrogens is 437 g/mol. The van der Waals surface area contributed by atoms with Crippen LogP contribution in [0.15, 0.2) is 24.4 Å². The van der Waals surface area contributed by atoms with Crippen LogP contribution in [0.2, 0.25) is 5.02 Å². The highest BCUT2D eigenvalue weighted by Gasteiger charge is 2.35. The summed E-state index contributed by atoms with van der Waals surface area (Å²) >= 11 is 5.95. The number of hydrogen-bond acceptors (Lipinski definition) is 5. The Bertz CT molecular complexity index is 880. The Balaban J connectivity index is 2.52. The molecule has 0 spiro atoms. The predicted octanol–water partition coefficient (Wildman–Crippen LogP) is 5.36. The molecule has 10 heteroatoms. The van der Waals surface area contributed by atoms with Gasteiger partial charge in [-0.25, -0.2) is 19.1 Å². The number of carbonyl (C=O) groups is 1. The Morgan fingerprint density at radius 1 is 1.34 bits per heavy atom. The van der Waals surface area contributed by atoms with Gasteiger partial charge in [-0.15, -0.1) is 4.72 Å². The third-order valence-corrected chi connectivity index (χ3v) is 6.84. The molecule has 29 heavy (non-hydrogen) atoms. The van der Waals surface area contributed by atoms with Crippen molar-refractivity contribution in [2.75, 3.05) is 4.90 Å². The minimum Gasteiger partial charge on any atom is -0.598 e. The Morgan fingerprint density at radius 2 is 1.97 bits per heavy atom. The number of thiazole rings is 1. The van der Waals surface area contributed by atoms with Crippen LogP contribution in [-0.2, 0) is 11.4 Å². The van der Waals surface area contributed by atoms with Crippen molar-refractivity contribution < 1.29 is 18.8 Å². The summed E-state index contributed by atoms with van der Waals surface area (Å²) in [5.74, 6) is -0.482. The standard InChI is InChI=1S/C19H25ClFN3O3S2/c1-18(2,3)24(17(25)26)16-22-10-14(28-16)15(23-29(27)19(4,5)6)12-8-7-11(21)9-13(12)20/h7-10,15,23H,1-6H3,(H,25,26)/t15-,29?/m1/s1. The molecule has 0 bridgehead atoms. The van der Waals surface area contributed by atoms with Crippen molar-refractivity contribution in [3.8, 4) is 0 Å². The molecule has 1 amide bonds. The molecule has 0 fully saturated rings. The predicted molar refractivity (Wildman–Crippen MR) is 117 cm³/mol. The van der Waals surface area contributed by atoms with E-state index in [2.05, 4.69) is 9.71 Å². The maximum absolute atomic E-state index is 13.5. The molecule has 1 aromatic heterocycles. The normalized spacial score (nSPS) is 14.5. The third-order valence-electron chi connectivity index (χ3n) is 3.90. The summed E-state index contributed by atoms with van der Waals surface area (Å²) in [6.07, 6.45) is 0.403. The first kappa shape index (κ1) is 23.9. The second-order valence-electron chi connectivity index (χ2n) is 8.43. The smallest absolute Gasteiger partial charge is 0.414 e. The van der Waals surface area contributed by atoms with Crippen LogP contribution in [-0.4, -0.2) is 31.0 Å². The Hall–Kier alpha value is -1.39. The van der Waals surface area contributed by atoms with E-state index in [1.807, 2.05) is 20.8 Å². The monoisotopic (exact) mass is 461 g/mol. The summed E-state index contributed by atoms with van der Waals surface area (Å²) in [5.41, 5.74) is -0.176. The lowest BCUT2D eigenvalue weighted by molar-refractivity contribution is 0.195. The zero-order chi connectivity index (χ0) is 22.1. The van der Waals surface area contributed by atoms with Crippen molar-refractivity contribution in [3.05, 3.63) is 45.7 Å². The Labute approximate surface area is 182 Å². The molecule has 1 aromatic carbocycles. The molecule has 2 N–H and O–H groups in total. The minimum absolute atomic E-state index is 0.175. The number of amides is 1. The lowest BCUT2D eigenvalue weighted by Gasteiger charge is -2.30. The van der Waals surface area contributed by atoms with Crippen LogP contribution < -0.4 is 9.62 Å². The Morgan fingerprint density at radius 3 is 2.45 bits per heavy atom. The zero-order valence-corrected chi connectivity index (χ0v) is 19.5. The van der Waals surface area contributed by atoms with Crippen LogP contribution in [0.5, 0.6) is 0 Å². The van der Waals surface area contributed by atoms with Crippen molar-refractivity contribution in [2.24, 2.45) is 0 Å². The van der Waals surface area contributed by atoms with Gasteiger partial charge in [-0.05, 0) is 59.2 Å². The van der Waals surface area contributed by atoms with E-state index < -0.39 is 39.6 Å². The molecule has 6 nitrogen and oxygen atoms in total. The van der Waals surface area contributed by atoms with E-state index in [9.17, 15) is 18.8 Å². The lowest BCUT2D eigenvalue weighted by Crippen LogP contribution is -2.45. The van der Waals surface area contributed by atoms with Crippen molar-refractivity contribution in [3.63, 3.8) is 0 Å². The molecule has 160 valence electrons. The molecule has 0 saturated heterocycles. The number of rotatable bonds is 5. The van der Waals surface area contributed by atoms with Gasteiger partial charge < -0.3 is 9.66 Å². The van der Waals surface area contributed by atoms with Crippen LogP contribution in [0.3, 0.4) is 0 Å². The SMILES string of the molecule is CC(C)(C)N(C(=O)O)c1ncc([C@H](N[S+]([O-])C(C)(C)C)c2ccc(F)cc2Cl)s1. The minimum atomic E-state index is -1.46. The van der Waals surface area contributed by atoms with Gasteiger partial charge in [0, 0.05) is 28.1 Å². The molecule has 0 radical (unpaired) electrons. The summed E-state index contributed by atoms with van der Waals surface area (Å²) in [4.78, 5) is 17.8. The van der Waals surface area contributed by atoms with Gasteiger partial charge in [-0.2, -0.15) is 0 Å². The highest BCUT2D eigenvalue weighted by molar-refractivity contribution is 7.90. The van der Waals surface area contributed by atoms with Crippen LogP contribution in [0.1, 0.15) is 58.0 Å². The number of carboxylic acid groups (broad SMARTS) is 1. The Kier molecular flexibility index (Phi) is 7.22. The summed E-state index contributed by atoms with van der Waals surface area (Å²) in [6, 6.07) is 3.33. The molecule has 1 heterocycles. The van der Waals surface area contributed by atoms with Crippen LogP contribution in [0.4, 0.5) is 14.3 Å². The van der Waals surface area contributed by atoms with E-state index >= 15 is 0 Å². The lowest BCUT2D eigenvalue weighted by atomic mass is 10.1. The fourth-order valence-electron chi connectivity index (χ4n) is 2.46. The van der Waals surface area contributed by atoms with Gasteiger partial charge in [-0.1, -0.05) is 29.0 Å². The number of benzene rings is 1. The van der Waals surface area contributed by atoms with Crippen molar-refractivity contribution in [2.45, 2.75) is 57.9 Å². The number of halogens is 2. The van der Waals surface area contributed by atoms with Gasteiger partial charge in [0.25, 0.3) is 0 Å². The van der Waals surface area contributed by atoms with Crippen LogP contribution >= 0.6 is 22.9 Å². The molecule has 0 aliphatic heterocycles. The first-order valence-corrected chi connectivity index (χ1v) is 11.2. The first-order valence-electron chi connectivity index (χ1n) is 8.83. The van der Waals surface area contributed by atoms with E-state index in [0.29, 0.717) is 10.4 Å². The number of aromatic nitrogens is 1. The number of hydrogen-bond donors (Lipinski definition) is 2. The number of nitrogens with one attached hydrogen (secondary N) is 1. The number of anilines is 1. The van der Waals surface area contributed by atoms with E-state index in [-0.39, 0.29) is 10.2 Å². The van der Waals surface area contributed by atoms with Gasteiger partial charge in [-0.3, -0.25) is 0 Å². The second kappa shape index (κ2) is 8.77. The third kappa shape index (κ3) is 5.82. The molecule has 2 aromatic rings. The summed E-state index contributed by atoms with van der Waals surface area (Å²) < 4.78 is 28.8. The second-order valence-corrected chi connectivity index (χ2v) is 11.9. The molecule has 0 saturated carbocycles. The number of nitrogens with zero attached hydrogens (tertiary/aromatic N) is 2. The van der Waals surface area contributed by atoms with E-state index in [4.69, 9.17) is 11.6 Å². The van der Waals surface area contributed by atoms with Gasteiger partial charge in [0.1, 0.15) is 16.6 Å². The van der Waals surface area contributed by atoms with E-state index in [1.165, 1.54) is 29.3 Å². The first-order chi connectivity index (χ1) is 13.2. The molecule has 1 unspecified atom stereocenters. The molecule has 2 atom stereocenters. The van der Waals surface area contributed by atoms with Gasteiger partial charge in [0.15, 0.2) is 5.13 Å². The quantitative estimate of drug-likeness (QED) is 0.585. The topological polar surface area (TPSA) is 88.5 Å². The maximum Gasteiger partial charge on any atom is 0.414 e. The summed E-state index contributed by atoms with van der Waals surface area (Å²) in [5, 5.41) is 10.1. The van der Waals surface area contributed by atoms with Crippen LogP contribution in [0, 0.1) is 5.82 Å². The van der Waals surface area contributed by atoms with Crippen molar-refractivity contribution >= 4 is 45.5 Å². The fraction of sp³-hybridized carbons (Fsp3) is 0.474. The summed E-state index contributed by atoms with van der Waals surface area (Å²) in [6.45, 7) is 10.8. The van der Waals surface area contributed by atoms with Gasteiger partial charge >= 0.3 is 6.09 Å². The molecule has 0 aliphatic carbocycles. The highest BCUT2D eigenvalue weighted by Crippen LogP contribution is 2.37. The largest absolute Gasteiger partial charge is 0.598 e. The van der Waals surface area contributed by atoms with Crippen molar-refractivity contribution in [1.82, 2.24) is 9.71 Å². The van der Waals surface area contributed by atoms with Gasteiger partial charge in [0.05, 0.1) is 4.88 Å². The molecule has 2 rings (SSSR count). The highest BCUT2D eigenvalue weighted by atomic mass is 35.5. The average Bonchev–Trinajstić information content (AvgIpc) is 2.99. The molecular formula is C19H25ClFN3O3S2. The van der Waals surface area contributed by atoms with E-state index in [0.717, 1.165) is 11.3 Å². The molecule has 0 aliphatic rings. The maximum atomic E-state index is 13.5. The van der Waals surface area contributed by atoms with E-state index in [1.54, 1.807) is 20.8 Å². The fourth-order valence-corrected chi connectivity index (χ4v) is 4.80. The average molecular weight is 462 g/mol.